The highest BCUT2D eigenvalue weighted by Crippen LogP contribution is 2.23. The van der Waals surface area contributed by atoms with E-state index in [-0.39, 0.29) is 0 Å². The molecule has 0 saturated carbocycles. The van der Waals surface area contributed by atoms with Crippen molar-refractivity contribution in [3.63, 3.8) is 0 Å². The van der Waals surface area contributed by atoms with Gasteiger partial charge in [0.25, 0.3) is 0 Å². The molecule has 0 aliphatic carbocycles. The minimum absolute atomic E-state index is 0.414. The van der Waals surface area contributed by atoms with Crippen molar-refractivity contribution in [2.75, 3.05) is 18.1 Å². The van der Waals surface area contributed by atoms with Gasteiger partial charge in [-0.1, -0.05) is 6.42 Å². The van der Waals surface area contributed by atoms with E-state index in [1.165, 1.54) is 0 Å². The molecule has 0 radical (unpaired) electrons. The van der Waals surface area contributed by atoms with Gasteiger partial charge in [0.2, 0.25) is 0 Å². The van der Waals surface area contributed by atoms with Crippen LogP contribution in [0.15, 0.2) is 0 Å². The first-order chi connectivity index (χ1) is 5.14. The molecule has 0 aromatic rings. The van der Waals surface area contributed by atoms with Crippen molar-refractivity contribution in [2.45, 2.75) is 19.3 Å². The second-order valence-corrected chi connectivity index (χ2v) is 5.38. The van der Waals surface area contributed by atoms with Crippen molar-refractivity contribution in [1.82, 2.24) is 0 Å². The van der Waals surface area contributed by atoms with Gasteiger partial charge >= 0.3 is 0 Å². The molecule has 0 bridgehead atoms. The standard InChI is InChI=1S/C7H15NO2S/c8-4-2-1-3-7-5-11(9,10)6-7/h7H,1-6,8H2. The molecule has 4 heteroatoms. The first-order valence-corrected chi connectivity index (χ1v) is 5.87. The Hall–Kier alpha value is -0.0900. The summed E-state index contributed by atoms with van der Waals surface area (Å²) in [5, 5.41) is 0. The largest absolute Gasteiger partial charge is 0.330 e. The molecule has 1 rings (SSSR count). The van der Waals surface area contributed by atoms with Gasteiger partial charge in [0, 0.05) is 0 Å². The topological polar surface area (TPSA) is 60.2 Å². The smallest absolute Gasteiger partial charge is 0.150 e. The average molecular weight is 177 g/mol. The Labute approximate surface area is 67.9 Å². The van der Waals surface area contributed by atoms with E-state index in [4.69, 9.17) is 5.73 Å². The summed E-state index contributed by atoms with van der Waals surface area (Å²) in [6.07, 6.45) is 3.14. The van der Waals surface area contributed by atoms with Crippen LogP contribution in [0.1, 0.15) is 19.3 Å². The maximum atomic E-state index is 10.7. The van der Waals surface area contributed by atoms with Crippen LogP contribution >= 0.6 is 0 Å². The lowest BCUT2D eigenvalue weighted by molar-refractivity contribution is 0.480. The fraction of sp³-hybridized carbons (Fsp3) is 1.00. The number of hydrogen-bond donors (Lipinski definition) is 1. The van der Waals surface area contributed by atoms with Crippen LogP contribution in [0.4, 0.5) is 0 Å². The van der Waals surface area contributed by atoms with E-state index >= 15 is 0 Å². The number of nitrogens with two attached hydrogens (primary N) is 1. The first-order valence-electron chi connectivity index (χ1n) is 4.04. The van der Waals surface area contributed by atoms with Crippen LogP contribution in [0.25, 0.3) is 0 Å². The molecule has 2 N–H and O–H groups in total. The summed E-state index contributed by atoms with van der Waals surface area (Å²) in [4.78, 5) is 0. The molecule has 0 aromatic carbocycles. The van der Waals surface area contributed by atoms with Gasteiger partial charge in [0.05, 0.1) is 11.5 Å². The molecule has 0 atom stereocenters. The molecule has 0 spiro atoms. The van der Waals surface area contributed by atoms with Crippen molar-refractivity contribution in [1.29, 1.82) is 0 Å². The predicted octanol–water partition coefficient (Wildman–Crippen LogP) is 0.160. The van der Waals surface area contributed by atoms with Gasteiger partial charge in [0.1, 0.15) is 0 Å². The SMILES string of the molecule is NCCCCC1CS(=O)(=O)C1. The van der Waals surface area contributed by atoms with Crippen LogP contribution in [0, 0.1) is 5.92 Å². The van der Waals surface area contributed by atoms with Crippen molar-refractivity contribution in [3.8, 4) is 0 Å². The number of rotatable bonds is 4. The zero-order valence-corrected chi connectivity index (χ0v) is 7.44. The van der Waals surface area contributed by atoms with Crippen LogP contribution in [-0.4, -0.2) is 26.5 Å². The molecule has 1 aliphatic heterocycles. The molecule has 1 heterocycles. The van der Waals surface area contributed by atoms with E-state index in [2.05, 4.69) is 0 Å². The van der Waals surface area contributed by atoms with E-state index in [1.807, 2.05) is 0 Å². The number of hydrogen-bond acceptors (Lipinski definition) is 3. The van der Waals surface area contributed by atoms with Gasteiger partial charge in [-0.3, -0.25) is 0 Å². The summed E-state index contributed by atoms with van der Waals surface area (Å²) < 4.78 is 21.4. The Morgan fingerprint density at radius 1 is 1.27 bits per heavy atom. The molecule has 0 aromatic heterocycles. The van der Waals surface area contributed by atoms with Crippen LogP contribution in [0.2, 0.25) is 0 Å². The first kappa shape index (κ1) is 9.00. The molecule has 1 saturated heterocycles. The van der Waals surface area contributed by atoms with E-state index in [0.717, 1.165) is 25.8 Å². The van der Waals surface area contributed by atoms with Crippen molar-refractivity contribution in [2.24, 2.45) is 11.7 Å². The average Bonchev–Trinajstić information content (AvgIpc) is 1.84. The van der Waals surface area contributed by atoms with Gasteiger partial charge < -0.3 is 5.73 Å². The molecule has 0 unspecified atom stereocenters. The van der Waals surface area contributed by atoms with Crippen LogP contribution in [0.5, 0.6) is 0 Å². The zero-order valence-electron chi connectivity index (χ0n) is 6.62. The fourth-order valence-corrected chi connectivity index (χ4v) is 3.09. The Balaban J connectivity index is 2.05. The quantitative estimate of drug-likeness (QED) is 0.622. The number of sulfone groups is 1. The predicted molar refractivity (Wildman–Crippen MR) is 45.0 cm³/mol. The third-order valence-corrected chi connectivity index (χ3v) is 4.00. The second-order valence-electron chi connectivity index (χ2n) is 3.23. The lowest BCUT2D eigenvalue weighted by Gasteiger charge is -2.25. The van der Waals surface area contributed by atoms with Gasteiger partial charge in [0.15, 0.2) is 9.84 Å². The van der Waals surface area contributed by atoms with Gasteiger partial charge in [-0.25, -0.2) is 8.42 Å². The fourth-order valence-electron chi connectivity index (χ4n) is 1.41. The molecule has 3 nitrogen and oxygen atoms in total. The van der Waals surface area contributed by atoms with E-state index in [1.54, 1.807) is 0 Å². The summed E-state index contributed by atoms with van der Waals surface area (Å²) in [5.41, 5.74) is 5.31. The maximum Gasteiger partial charge on any atom is 0.150 e. The van der Waals surface area contributed by atoms with E-state index in [9.17, 15) is 8.42 Å². The molecule has 1 fully saturated rings. The monoisotopic (exact) mass is 177 g/mol. The Morgan fingerprint density at radius 2 is 1.91 bits per heavy atom. The Morgan fingerprint density at radius 3 is 2.36 bits per heavy atom. The summed E-state index contributed by atoms with van der Waals surface area (Å²) in [6, 6.07) is 0. The van der Waals surface area contributed by atoms with E-state index in [0.29, 0.717) is 17.4 Å². The third kappa shape index (κ3) is 2.79. The normalized spacial score (nSPS) is 23.0. The Bertz CT molecular complexity index is 198. The lowest BCUT2D eigenvalue weighted by atomic mass is 10.1. The summed E-state index contributed by atoms with van der Waals surface area (Å²) >= 11 is 0. The second kappa shape index (κ2) is 3.54. The maximum absolute atomic E-state index is 10.7. The zero-order chi connectivity index (χ0) is 8.32. The summed E-state index contributed by atoms with van der Waals surface area (Å²) in [7, 11) is -2.60. The van der Waals surface area contributed by atoms with E-state index < -0.39 is 9.84 Å². The third-order valence-electron chi connectivity index (χ3n) is 2.05. The molecular weight excluding hydrogens is 162 g/mol. The van der Waals surface area contributed by atoms with Gasteiger partial charge in [-0.05, 0) is 25.3 Å². The Kier molecular flexibility index (Phi) is 2.90. The van der Waals surface area contributed by atoms with Gasteiger partial charge in [-0.2, -0.15) is 0 Å². The molecular formula is C7H15NO2S. The molecule has 11 heavy (non-hydrogen) atoms. The highest BCUT2D eigenvalue weighted by atomic mass is 32.2. The van der Waals surface area contributed by atoms with Crippen LogP contribution in [-0.2, 0) is 9.84 Å². The van der Waals surface area contributed by atoms with Gasteiger partial charge in [-0.15, -0.1) is 0 Å². The highest BCUT2D eigenvalue weighted by molar-refractivity contribution is 7.92. The molecule has 1 aliphatic rings. The highest BCUT2D eigenvalue weighted by Gasteiger charge is 2.32. The van der Waals surface area contributed by atoms with Crippen LogP contribution in [0.3, 0.4) is 0 Å². The minimum Gasteiger partial charge on any atom is -0.330 e. The summed E-state index contributed by atoms with van der Waals surface area (Å²) in [5.74, 6) is 1.27. The number of unbranched alkanes of at least 4 members (excludes halogenated alkanes) is 1. The minimum atomic E-state index is -2.60. The van der Waals surface area contributed by atoms with Crippen LogP contribution < -0.4 is 5.73 Å². The van der Waals surface area contributed by atoms with Crippen molar-refractivity contribution in [3.05, 3.63) is 0 Å². The molecule has 0 amide bonds. The summed E-state index contributed by atoms with van der Waals surface area (Å²) in [6.45, 7) is 0.722. The molecule has 66 valence electrons. The van der Waals surface area contributed by atoms with Crippen molar-refractivity contribution < 1.29 is 8.42 Å². The van der Waals surface area contributed by atoms with Crippen molar-refractivity contribution >= 4 is 9.84 Å². The lowest BCUT2D eigenvalue weighted by Crippen LogP contribution is -2.36.